The molecule has 1 aliphatic heterocycles. The number of furan rings is 1. The third kappa shape index (κ3) is 3.68. The van der Waals surface area contributed by atoms with E-state index in [0.717, 1.165) is 35.2 Å². The average Bonchev–Trinajstić information content (AvgIpc) is 3.44. The molecule has 0 fully saturated rings. The fourth-order valence-corrected chi connectivity index (χ4v) is 6.19. The fourth-order valence-electron chi connectivity index (χ4n) is 4.89. The summed E-state index contributed by atoms with van der Waals surface area (Å²) in [7, 11) is 3.29. The number of benzene rings is 2. The van der Waals surface area contributed by atoms with Crippen molar-refractivity contribution in [3.8, 4) is 11.5 Å². The van der Waals surface area contributed by atoms with Gasteiger partial charge in [-0.15, -0.1) is 0 Å². The van der Waals surface area contributed by atoms with E-state index >= 15 is 0 Å². The Morgan fingerprint density at radius 1 is 1.11 bits per heavy atom. The van der Waals surface area contributed by atoms with Gasteiger partial charge in [-0.2, -0.15) is 0 Å². The molecule has 0 spiro atoms. The van der Waals surface area contributed by atoms with E-state index in [-0.39, 0.29) is 11.6 Å². The van der Waals surface area contributed by atoms with Gasteiger partial charge in [-0.25, -0.2) is 4.99 Å². The molecule has 2 aromatic heterocycles. The lowest BCUT2D eigenvalue weighted by Gasteiger charge is -2.31. The highest BCUT2D eigenvalue weighted by Gasteiger charge is 2.34. The van der Waals surface area contributed by atoms with Crippen LogP contribution in [0, 0.1) is 0 Å². The monoisotopic (exact) mass is 548 g/mol. The van der Waals surface area contributed by atoms with E-state index in [1.165, 1.54) is 16.9 Å². The first-order chi connectivity index (χ1) is 17.1. The number of aryl methyl sites for hydroxylation is 1. The Hall–Kier alpha value is -3.36. The van der Waals surface area contributed by atoms with Crippen molar-refractivity contribution in [2.45, 2.75) is 18.9 Å². The lowest BCUT2D eigenvalue weighted by molar-refractivity contribution is 0.392. The van der Waals surface area contributed by atoms with Crippen LogP contribution in [0.1, 0.15) is 34.9 Å². The van der Waals surface area contributed by atoms with Crippen LogP contribution in [-0.4, -0.2) is 18.8 Å². The molecule has 1 unspecified atom stereocenters. The number of methoxy groups -OCH3 is 2. The summed E-state index contributed by atoms with van der Waals surface area (Å²) in [5.41, 5.74) is 5.20. The summed E-state index contributed by atoms with van der Waals surface area (Å²) in [6, 6.07) is 17.4. The molecule has 35 heavy (non-hydrogen) atoms. The molecule has 2 aliphatic rings. The summed E-state index contributed by atoms with van der Waals surface area (Å²) < 4.78 is 19.9. The summed E-state index contributed by atoms with van der Waals surface area (Å²) in [5.74, 6) is 2.01. The smallest absolute Gasteiger partial charge is 0.271 e. The van der Waals surface area contributed by atoms with E-state index in [9.17, 15) is 4.79 Å². The number of halogens is 1. The van der Waals surface area contributed by atoms with E-state index in [2.05, 4.69) is 34.1 Å². The van der Waals surface area contributed by atoms with E-state index in [0.29, 0.717) is 31.3 Å². The lowest BCUT2D eigenvalue weighted by Crippen LogP contribution is -2.39. The topological polar surface area (TPSA) is 66.0 Å². The van der Waals surface area contributed by atoms with Crippen LogP contribution in [0.4, 0.5) is 0 Å². The zero-order chi connectivity index (χ0) is 24.1. The van der Waals surface area contributed by atoms with Gasteiger partial charge in [-0.05, 0) is 70.2 Å². The molecule has 176 valence electrons. The molecule has 0 saturated carbocycles. The predicted octanol–water partition coefficient (Wildman–Crippen LogP) is 4.69. The van der Waals surface area contributed by atoms with Crippen molar-refractivity contribution in [2.75, 3.05) is 14.2 Å². The van der Waals surface area contributed by atoms with E-state index < -0.39 is 0 Å². The minimum Gasteiger partial charge on any atom is -0.497 e. The first-order valence-electron chi connectivity index (χ1n) is 11.2. The molecule has 8 heteroatoms. The van der Waals surface area contributed by atoms with Crippen LogP contribution in [0.25, 0.3) is 11.8 Å². The van der Waals surface area contributed by atoms with Gasteiger partial charge in [-0.1, -0.05) is 35.6 Å². The van der Waals surface area contributed by atoms with Gasteiger partial charge in [0.15, 0.2) is 9.47 Å². The standard InChI is InChI=1S/C27H21BrN2O4S/c1-32-16-8-11-21(33-2)20(13-16)25-19-10-7-15-5-3-4-6-18(15)24(19)29-27-30(25)26(31)22(35-27)14-17-9-12-23(28)34-17/h3-6,8-9,11-14,25H,7,10H2,1-2H3. The number of fused-ring (bicyclic) bond motifs is 3. The predicted molar refractivity (Wildman–Crippen MR) is 139 cm³/mol. The van der Waals surface area contributed by atoms with Gasteiger partial charge >= 0.3 is 0 Å². The molecule has 1 atom stereocenters. The summed E-state index contributed by atoms with van der Waals surface area (Å²) in [5, 5.41) is 0. The summed E-state index contributed by atoms with van der Waals surface area (Å²) >= 11 is 4.69. The fraction of sp³-hybridized carbons (Fsp3) is 0.185. The van der Waals surface area contributed by atoms with Crippen molar-refractivity contribution in [1.82, 2.24) is 4.57 Å². The SMILES string of the molecule is COc1ccc(OC)c(C2C3=C(N=c4sc(=Cc5ccc(Br)o5)c(=O)n42)c2ccccc2CC3)c1. The van der Waals surface area contributed by atoms with Gasteiger partial charge in [-0.3, -0.25) is 9.36 Å². The largest absolute Gasteiger partial charge is 0.497 e. The van der Waals surface area contributed by atoms with Gasteiger partial charge in [0, 0.05) is 17.2 Å². The highest BCUT2D eigenvalue weighted by atomic mass is 79.9. The Labute approximate surface area is 213 Å². The Morgan fingerprint density at radius 2 is 1.97 bits per heavy atom. The second-order valence-corrected chi connectivity index (χ2v) is 10.2. The van der Waals surface area contributed by atoms with Gasteiger partial charge in [0.25, 0.3) is 5.56 Å². The zero-order valence-corrected chi connectivity index (χ0v) is 21.5. The normalized spacial score (nSPS) is 16.9. The van der Waals surface area contributed by atoms with Crippen LogP contribution in [0.5, 0.6) is 11.5 Å². The molecule has 0 N–H and O–H groups in total. The van der Waals surface area contributed by atoms with E-state index in [4.69, 9.17) is 18.9 Å². The van der Waals surface area contributed by atoms with Gasteiger partial charge in [0.05, 0.1) is 30.5 Å². The zero-order valence-electron chi connectivity index (χ0n) is 19.1. The van der Waals surface area contributed by atoms with Gasteiger partial charge in [0.1, 0.15) is 17.3 Å². The van der Waals surface area contributed by atoms with E-state index in [1.807, 2.05) is 36.4 Å². The van der Waals surface area contributed by atoms with Crippen molar-refractivity contribution >= 4 is 39.0 Å². The van der Waals surface area contributed by atoms with Gasteiger partial charge < -0.3 is 13.9 Å². The van der Waals surface area contributed by atoms with Crippen LogP contribution >= 0.6 is 27.3 Å². The second kappa shape index (κ2) is 8.70. The quantitative estimate of drug-likeness (QED) is 0.371. The third-order valence-electron chi connectivity index (χ3n) is 6.47. The maximum Gasteiger partial charge on any atom is 0.271 e. The number of thiazole rings is 1. The van der Waals surface area contributed by atoms with Crippen LogP contribution in [0.3, 0.4) is 0 Å². The molecular weight excluding hydrogens is 528 g/mol. The molecule has 0 radical (unpaired) electrons. The Bertz CT molecular complexity index is 1680. The maximum atomic E-state index is 13.8. The maximum absolute atomic E-state index is 13.8. The summed E-state index contributed by atoms with van der Waals surface area (Å²) in [6.45, 7) is 0. The van der Waals surface area contributed by atoms with E-state index in [1.54, 1.807) is 24.9 Å². The number of rotatable bonds is 4. The molecular formula is C27H21BrN2O4S. The Kier molecular flexibility index (Phi) is 5.50. The van der Waals surface area contributed by atoms with Crippen LogP contribution in [-0.2, 0) is 6.42 Å². The highest BCUT2D eigenvalue weighted by molar-refractivity contribution is 9.10. The van der Waals surface area contributed by atoms with Crippen LogP contribution < -0.4 is 24.4 Å². The third-order valence-corrected chi connectivity index (χ3v) is 7.88. The molecule has 3 heterocycles. The molecule has 6 rings (SSSR count). The van der Waals surface area contributed by atoms with Crippen molar-refractivity contribution in [3.63, 3.8) is 0 Å². The Balaban J connectivity index is 1.67. The molecule has 4 aromatic rings. The van der Waals surface area contributed by atoms with Crippen molar-refractivity contribution in [3.05, 3.63) is 107 Å². The van der Waals surface area contributed by atoms with Crippen LogP contribution in [0.15, 0.2) is 79.0 Å². The van der Waals surface area contributed by atoms with Crippen molar-refractivity contribution in [2.24, 2.45) is 4.99 Å². The number of hydrogen-bond acceptors (Lipinski definition) is 6. The number of ether oxygens (including phenoxy) is 2. The molecule has 1 aliphatic carbocycles. The first-order valence-corrected chi connectivity index (χ1v) is 12.8. The first kappa shape index (κ1) is 22.1. The summed E-state index contributed by atoms with van der Waals surface area (Å²) in [4.78, 5) is 19.5. The van der Waals surface area contributed by atoms with Crippen LogP contribution in [0.2, 0.25) is 0 Å². The molecule has 0 bridgehead atoms. The minimum absolute atomic E-state index is 0.110. The van der Waals surface area contributed by atoms with Crippen molar-refractivity contribution in [1.29, 1.82) is 0 Å². The molecule has 0 amide bonds. The molecule has 6 nitrogen and oxygen atoms in total. The van der Waals surface area contributed by atoms with Gasteiger partial charge in [0.2, 0.25) is 0 Å². The van der Waals surface area contributed by atoms with Crippen molar-refractivity contribution < 1.29 is 13.9 Å². The minimum atomic E-state index is -0.356. The molecule has 2 aromatic carbocycles. The molecule has 0 saturated heterocycles. The highest BCUT2D eigenvalue weighted by Crippen LogP contribution is 2.44. The summed E-state index contributed by atoms with van der Waals surface area (Å²) in [6.07, 6.45) is 3.46. The number of aromatic nitrogens is 1. The second-order valence-electron chi connectivity index (χ2n) is 8.36. The Morgan fingerprint density at radius 3 is 2.74 bits per heavy atom. The number of hydrogen-bond donors (Lipinski definition) is 0. The lowest BCUT2D eigenvalue weighted by atomic mass is 9.83. The average molecular weight is 549 g/mol. The number of nitrogens with zero attached hydrogens (tertiary/aromatic N) is 2. The number of allylic oxidation sites excluding steroid dienone is 1.